The Kier molecular flexibility index (Phi) is 4.33. The van der Waals surface area contributed by atoms with Gasteiger partial charge in [0.15, 0.2) is 0 Å². The van der Waals surface area contributed by atoms with E-state index in [1.54, 1.807) is 11.3 Å². The second kappa shape index (κ2) is 5.98. The molecule has 1 aromatic heterocycles. The Balaban J connectivity index is 2.44. The standard InChI is InChI=1S/C14H18N2OS/c1-3-11-13(9-15)18-14(16-11)10-7-5-6-8-12(10)17-4-2/h5-8H,3-4,9,15H2,1-2H3. The Morgan fingerprint density at radius 2 is 2.06 bits per heavy atom. The van der Waals surface area contributed by atoms with E-state index < -0.39 is 0 Å². The molecule has 0 aliphatic carbocycles. The Morgan fingerprint density at radius 3 is 2.67 bits per heavy atom. The summed E-state index contributed by atoms with van der Waals surface area (Å²) in [5.74, 6) is 0.889. The third-order valence-electron chi connectivity index (χ3n) is 2.72. The van der Waals surface area contributed by atoms with Gasteiger partial charge in [0.2, 0.25) is 0 Å². The number of aryl methyl sites for hydroxylation is 1. The first kappa shape index (κ1) is 13.1. The van der Waals surface area contributed by atoms with E-state index in [-0.39, 0.29) is 0 Å². The summed E-state index contributed by atoms with van der Waals surface area (Å²) in [6.45, 7) is 5.30. The van der Waals surface area contributed by atoms with Crippen LogP contribution >= 0.6 is 11.3 Å². The van der Waals surface area contributed by atoms with Crippen molar-refractivity contribution in [2.45, 2.75) is 26.8 Å². The molecule has 1 aromatic carbocycles. The number of nitrogens with two attached hydrogens (primary N) is 1. The smallest absolute Gasteiger partial charge is 0.129 e. The first-order valence-electron chi connectivity index (χ1n) is 6.21. The zero-order valence-electron chi connectivity index (χ0n) is 10.8. The Bertz CT molecular complexity index is 501. The van der Waals surface area contributed by atoms with E-state index in [0.717, 1.165) is 28.4 Å². The van der Waals surface area contributed by atoms with Gasteiger partial charge in [0, 0.05) is 11.4 Å². The van der Waals surface area contributed by atoms with Gasteiger partial charge in [-0.3, -0.25) is 0 Å². The summed E-state index contributed by atoms with van der Waals surface area (Å²) < 4.78 is 5.64. The van der Waals surface area contributed by atoms with Crippen molar-refractivity contribution in [1.29, 1.82) is 0 Å². The topological polar surface area (TPSA) is 48.1 Å². The van der Waals surface area contributed by atoms with E-state index >= 15 is 0 Å². The zero-order chi connectivity index (χ0) is 13.0. The van der Waals surface area contributed by atoms with Crippen LogP contribution in [0.1, 0.15) is 24.4 Å². The van der Waals surface area contributed by atoms with Crippen LogP contribution in [0.15, 0.2) is 24.3 Å². The molecule has 18 heavy (non-hydrogen) atoms. The van der Waals surface area contributed by atoms with Crippen LogP contribution < -0.4 is 10.5 Å². The predicted octanol–water partition coefficient (Wildman–Crippen LogP) is 3.23. The minimum Gasteiger partial charge on any atom is -0.493 e. The molecule has 0 saturated heterocycles. The van der Waals surface area contributed by atoms with E-state index in [0.29, 0.717) is 13.2 Å². The van der Waals surface area contributed by atoms with E-state index in [1.165, 1.54) is 4.88 Å². The van der Waals surface area contributed by atoms with E-state index in [2.05, 4.69) is 11.9 Å². The zero-order valence-corrected chi connectivity index (χ0v) is 11.6. The van der Waals surface area contributed by atoms with Crippen molar-refractivity contribution >= 4 is 11.3 Å². The van der Waals surface area contributed by atoms with Crippen molar-refractivity contribution in [2.24, 2.45) is 5.73 Å². The fourth-order valence-corrected chi connectivity index (χ4v) is 2.92. The van der Waals surface area contributed by atoms with Crippen LogP contribution in [-0.4, -0.2) is 11.6 Å². The molecule has 0 bridgehead atoms. The van der Waals surface area contributed by atoms with Crippen molar-refractivity contribution in [3.05, 3.63) is 34.8 Å². The average Bonchev–Trinajstić information content (AvgIpc) is 2.83. The highest BCUT2D eigenvalue weighted by molar-refractivity contribution is 7.15. The number of thiazole rings is 1. The Labute approximate surface area is 112 Å². The lowest BCUT2D eigenvalue weighted by molar-refractivity contribution is 0.341. The maximum absolute atomic E-state index is 5.75. The molecular formula is C14H18N2OS. The molecule has 0 fully saturated rings. The molecule has 4 heteroatoms. The normalized spacial score (nSPS) is 10.6. The van der Waals surface area contributed by atoms with Crippen molar-refractivity contribution in [3.63, 3.8) is 0 Å². The number of aromatic nitrogens is 1. The highest BCUT2D eigenvalue weighted by Gasteiger charge is 2.13. The molecular weight excluding hydrogens is 244 g/mol. The summed E-state index contributed by atoms with van der Waals surface area (Å²) >= 11 is 1.66. The maximum atomic E-state index is 5.75. The Morgan fingerprint density at radius 1 is 1.28 bits per heavy atom. The molecule has 2 rings (SSSR count). The summed E-state index contributed by atoms with van der Waals surface area (Å²) in [6, 6.07) is 8.01. The van der Waals surface area contributed by atoms with Gasteiger partial charge in [-0.1, -0.05) is 19.1 Å². The summed E-state index contributed by atoms with van der Waals surface area (Å²) in [7, 11) is 0. The fourth-order valence-electron chi connectivity index (χ4n) is 1.86. The van der Waals surface area contributed by atoms with Gasteiger partial charge in [-0.2, -0.15) is 0 Å². The van der Waals surface area contributed by atoms with Crippen LogP contribution in [0.3, 0.4) is 0 Å². The lowest BCUT2D eigenvalue weighted by Gasteiger charge is -2.07. The molecule has 0 unspecified atom stereocenters. The number of hydrogen-bond acceptors (Lipinski definition) is 4. The summed E-state index contributed by atoms with van der Waals surface area (Å²) in [4.78, 5) is 5.84. The minimum absolute atomic E-state index is 0.553. The van der Waals surface area contributed by atoms with Crippen LogP contribution in [0, 0.1) is 0 Å². The number of nitrogens with zero attached hydrogens (tertiary/aromatic N) is 1. The molecule has 3 nitrogen and oxygen atoms in total. The van der Waals surface area contributed by atoms with Crippen molar-refractivity contribution in [2.75, 3.05) is 6.61 Å². The van der Waals surface area contributed by atoms with E-state index in [1.807, 2.05) is 31.2 Å². The van der Waals surface area contributed by atoms with Gasteiger partial charge in [0.05, 0.1) is 17.9 Å². The first-order valence-corrected chi connectivity index (χ1v) is 7.02. The molecule has 96 valence electrons. The second-order valence-corrected chi connectivity index (χ2v) is 4.96. The molecule has 2 aromatic rings. The summed E-state index contributed by atoms with van der Waals surface area (Å²) in [6.07, 6.45) is 0.917. The molecule has 0 atom stereocenters. The molecule has 0 radical (unpaired) electrons. The van der Waals surface area contributed by atoms with Gasteiger partial charge >= 0.3 is 0 Å². The lowest BCUT2D eigenvalue weighted by atomic mass is 10.2. The number of rotatable bonds is 5. The van der Waals surface area contributed by atoms with Crippen LogP contribution in [0.5, 0.6) is 5.75 Å². The van der Waals surface area contributed by atoms with Gasteiger partial charge < -0.3 is 10.5 Å². The van der Waals surface area contributed by atoms with Crippen molar-refractivity contribution < 1.29 is 4.74 Å². The summed E-state index contributed by atoms with van der Waals surface area (Å²) in [5, 5.41) is 0.997. The molecule has 2 N–H and O–H groups in total. The second-order valence-electron chi connectivity index (χ2n) is 3.88. The van der Waals surface area contributed by atoms with Crippen LogP contribution in [0.2, 0.25) is 0 Å². The molecule has 1 heterocycles. The maximum Gasteiger partial charge on any atom is 0.129 e. The number of hydrogen-bond donors (Lipinski definition) is 1. The third-order valence-corrected chi connectivity index (χ3v) is 3.87. The molecule has 0 aliphatic rings. The first-order chi connectivity index (χ1) is 8.80. The van der Waals surface area contributed by atoms with Gasteiger partial charge in [0.25, 0.3) is 0 Å². The highest BCUT2D eigenvalue weighted by atomic mass is 32.1. The molecule has 0 saturated carbocycles. The minimum atomic E-state index is 0.553. The fraction of sp³-hybridized carbons (Fsp3) is 0.357. The SMILES string of the molecule is CCOc1ccccc1-c1nc(CC)c(CN)s1. The third kappa shape index (κ3) is 2.54. The number of para-hydroxylation sites is 1. The average molecular weight is 262 g/mol. The highest BCUT2D eigenvalue weighted by Crippen LogP contribution is 2.34. The van der Waals surface area contributed by atoms with Gasteiger partial charge in [-0.15, -0.1) is 11.3 Å². The quantitative estimate of drug-likeness (QED) is 0.900. The van der Waals surface area contributed by atoms with Gasteiger partial charge in [-0.25, -0.2) is 4.98 Å². The number of ether oxygens (including phenoxy) is 1. The van der Waals surface area contributed by atoms with Crippen LogP contribution in [0.4, 0.5) is 0 Å². The van der Waals surface area contributed by atoms with Gasteiger partial charge in [-0.05, 0) is 25.5 Å². The van der Waals surface area contributed by atoms with Gasteiger partial charge in [0.1, 0.15) is 10.8 Å². The Hall–Kier alpha value is -1.39. The van der Waals surface area contributed by atoms with E-state index in [4.69, 9.17) is 10.5 Å². The van der Waals surface area contributed by atoms with Crippen LogP contribution in [-0.2, 0) is 13.0 Å². The predicted molar refractivity (Wildman–Crippen MR) is 76.0 cm³/mol. The lowest BCUT2D eigenvalue weighted by Crippen LogP contribution is -1.96. The molecule has 0 aliphatic heterocycles. The summed E-state index contributed by atoms with van der Waals surface area (Å²) in [5.41, 5.74) is 7.91. The van der Waals surface area contributed by atoms with Crippen molar-refractivity contribution in [1.82, 2.24) is 4.98 Å². The molecule has 0 amide bonds. The largest absolute Gasteiger partial charge is 0.493 e. The van der Waals surface area contributed by atoms with Crippen LogP contribution in [0.25, 0.3) is 10.6 Å². The van der Waals surface area contributed by atoms with Crippen molar-refractivity contribution in [3.8, 4) is 16.3 Å². The monoisotopic (exact) mass is 262 g/mol. The molecule has 0 spiro atoms. The number of benzene rings is 1. The van der Waals surface area contributed by atoms with E-state index in [9.17, 15) is 0 Å².